The van der Waals surface area contributed by atoms with E-state index in [1.807, 2.05) is 25.7 Å². The first-order valence-corrected chi connectivity index (χ1v) is 13.9. The summed E-state index contributed by atoms with van der Waals surface area (Å²) in [5, 5.41) is 7.07. The van der Waals surface area contributed by atoms with Gasteiger partial charge in [0, 0.05) is 29.9 Å². The highest BCUT2D eigenvalue weighted by Gasteiger charge is 2.38. The van der Waals surface area contributed by atoms with Crippen LogP contribution in [0.25, 0.3) is 10.2 Å². The molecule has 0 unspecified atom stereocenters. The molecule has 0 aromatic carbocycles. The summed E-state index contributed by atoms with van der Waals surface area (Å²) in [5.41, 5.74) is 1.53. The highest BCUT2D eigenvalue weighted by Crippen LogP contribution is 2.41. The third-order valence-electron chi connectivity index (χ3n) is 8.24. The van der Waals surface area contributed by atoms with Gasteiger partial charge in [-0.05, 0) is 77.7 Å². The zero-order chi connectivity index (χ0) is 26.9. The van der Waals surface area contributed by atoms with Gasteiger partial charge in [-0.3, -0.25) is 19.0 Å². The topological polar surface area (TPSA) is 112 Å². The fourth-order valence-corrected chi connectivity index (χ4v) is 7.47. The molecule has 200 valence electrons. The van der Waals surface area contributed by atoms with Gasteiger partial charge >= 0.3 is 0 Å². The van der Waals surface area contributed by atoms with Crippen LogP contribution < -0.4 is 16.2 Å². The first kappa shape index (κ1) is 25.0. The molecule has 2 N–H and O–H groups in total. The lowest BCUT2D eigenvalue weighted by molar-refractivity contribution is -0.134. The second-order valence-corrected chi connectivity index (χ2v) is 12.5. The molecule has 3 aromatic rings. The van der Waals surface area contributed by atoms with E-state index in [1.54, 1.807) is 17.4 Å². The number of thiophene rings is 1. The first-order valence-electron chi connectivity index (χ1n) is 13.1. The van der Waals surface area contributed by atoms with Gasteiger partial charge in [-0.15, -0.1) is 11.3 Å². The number of anilines is 2. The Kier molecular flexibility index (Phi) is 5.84. The smallest absolute Gasteiger partial charge is 0.276 e. The molecule has 1 saturated heterocycles. The Morgan fingerprint density at radius 3 is 2.76 bits per heavy atom. The Balaban J connectivity index is 1.31. The molecule has 1 aliphatic carbocycles. The normalized spacial score (nSPS) is 22.1. The van der Waals surface area contributed by atoms with Crippen LogP contribution in [-0.2, 0) is 23.3 Å². The number of hydrogen-bond donors (Lipinski definition) is 2. The fourth-order valence-electron chi connectivity index (χ4n) is 6.21. The summed E-state index contributed by atoms with van der Waals surface area (Å²) in [4.78, 5) is 54.6. The Morgan fingerprint density at radius 2 is 2.03 bits per heavy atom. The Labute approximate surface area is 225 Å². The van der Waals surface area contributed by atoms with Crippen LogP contribution in [0.2, 0.25) is 0 Å². The molecular formula is C27H33N7O3S. The van der Waals surface area contributed by atoms with Gasteiger partial charge < -0.3 is 20.4 Å². The lowest BCUT2D eigenvalue weighted by Crippen LogP contribution is -2.42. The molecule has 2 aliphatic heterocycles. The minimum absolute atomic E-state index is 0.0166. The quantitative estimate of drug-likeness (QED) is 0.528. The molecule has 0 spiro atoms. The van der Waals surface area contributed by atoms with Gasteiger partial charge in [-0.2, -0.15) is 0 Å². The maximum atomic E-state index is 13.5. The van der Waals surface area contributed by atoms with Crippen LogP contribution in [0.5, 0.6) is 0 Å². The van der Waals surface area contributed by atoms with Crippen molar-refractivity contribution in [1.29, 1.82) is 0 Å². The van der Waals surface area contributed by atoms with Crippen LogP contribution in [0.1, 0.15) is 53.2 Å². The number of likely N-dealkylation sites (tertiary alicyclic amines) is 1. The van der Waals surface area contributed by atoms with E-state index in [4.69, 9.17) is 0 Å². The summed E-state index contributed by atoms with van der Waals surface area (Å²) in [7, 11) is 4.15. The molecule has 11 heteroatoms. The Morgan fingerprint density at radius 1 is 1.24 bits per heavy atom. The van der Waals surface area contributed by atoms with E-state index >= 15 is 0 Å². The number of pyridine rings is 1. The maximum Gasteiger partial charge on any atom is 0.276 e. The second kappa shape index (κ2) is 8.88. The van der Waals surface area contributed by atoms with Crippen LogP contribution in [0.3, 0.4) is 0 Å². The average Bonchev–Trinajstić information content (AvgIpc) is 3.55. The minimum Gasteiger partial charge on any atom is -0.341 e. The van der Waals surface area contributed by atoms with E-state index in [0.29, 0.717) is 35.2 Å². The largest absolute Gasteiger partial charge is 0.341 e. The van der Waals surface area contributed by atoms with E-state index in [-0.39, 0.29) is 23.3 Å². The SMILES string of the molecule is Cc1cc(Nc2ncnc3sc4c(c23)CC[C@H](C(=O)N2CC[C@H](N(C)C)C2)C4)c(=O)n2c1C(=O)NC2(C)C. The number of nitrogens with zero attached hydrogens (tertiary/aromatic N) is 5. The van der Waals surface area contributed by atoms with E-state index in [2.05, 4.69) is 39.6 Å². The van der Waals surface area contributed by atoms with Gasteiger partial charge in [0.1, 0.15) is 34.0 Å². The van der Waals surface area contributed by atoms with Crippen molar-refractivity contribution in [3.05, 3.63) is 44.4 Å². The maximum absolute atomic E-state index is 13.5. The van der Waals surface area contributed by atoms with Crippen molar-refractivity contribution >= 4 is 44.9 Å². The zero-order valence-corrected chi connectivity index (χ0v) is 23.2. The average molecular weight is 536 g/mol. The van der Waals surface area contributed by atoms with Crippen LogP contribution in [-0.4, -0.2) is 69.4 Å². The van der Waals surface area contributed by atoms with Crippen molar-refractivity contribution in [2.24, 2.45) is 5.92 Å². The van der Waals surface area contributed by atoms with Crippen LogP contribution >= 0.6 is 11.3 Å². The Bertz CT molecular complexity index is 1540. The number of rotatable bonds is 4. The molecule has 3 aliphatic rings. The molecule has 0 saturated carbocycles. The monoisotopic (exact) mass is 535 g/mol. The van der Waals surface area contributed by atoms with Gasteiger partial charge in [-0.25, -0.2) is 9.97 Å². The molecule has 1 fully saturated rings. The molecule has 2 amide bonds. The first-order chi connectivity index (χ1) is 18.0. The number of carbonyl (C=O) groups excluding carboxylic acids is 2. The minimum atomic E-state index is -0.821. The summed E-state index contributed by atoms with van der Waals surface area (Å²) in [5.74, 6) is 0.576. The highest BCUT2D eigenvalue weighted by atomic mass is 32.1. The van der Waals surface area contributed by atoms with Crippen molar-refractivity contribution < 1.29 is 9.59 Å². The predicted molar refractivity (Wildman–Crippen MR) is 147 cm³/mol. The molecule has 5 heterocycles. The van der Waals surface area contributed by atoms with Crippen molar-refractivity contribution in [2.45, 2.75) is 58.2 Å². The summed E-state index contributed by atoms with van der Waals surface area (Å²) in [6.07, 6.45) is 4.80. The molecule has 0 bridgehead atoms. The van der Waals surface area contributed by atoms with Crippen LogP contribution in [0, 0.1) is 12.8 Å². The van der Waals surface area contributed by atoms with E-state index in [1.165, 1.54) is 21.3 Å². The summed E-state index contributed by atoms with van der Waals surface area (Å²) in [6.45, 7) is 7.08. The summed E-state index contributed by atoms with van der Waals surface area (Å²) < 4.78 is 1.52. The van der Waals surface area contributed by atoms with Crippen molar-refractivity contribution in [1.82, 2.24) is 29.7 Å². The number of likely N-dealkylation sites (N-methyl/N-ethyl adjacent to an activating group) is 1. The van der Waals surface area contributed by atoms with Crippen molar-refractivity contribution in [3.8, 4) is 0 Å². The molecule has 2 atom stereocenters. The van der Waals surface area contributed by atoms with Crippen molar-refractivity contribution in [3.63, 3.8) is 0 Å². The lowest BCUT2D eigenvalue weighted by atomic mass is 9.87. The van der Waals surface area contributed by atoms with Gasteiger partial charge in [0.05, 0.1) is 5.39 Å². The molecule has 0 radical (unpaired) electrons. The molecule has 6 rings (SSSR count). The van der Waals surface area contributed by atoms with Gasteiger partial charge in [0.2, 0.25) is 5.91 Å². The number of amides is 2. The Hall–Kier alpha value is -3.31. The fraction of sp³-hybridized carbons (Fsp3) is 0.519. The van der Waals surface area contributed by atoms with E-state index in [9.17, 15) is 14.4 Å². The van der Waals surface area contributed by atoms with Crippen LogP contribution in [0.15, 0.2) is 17.2 Å². The molecule has 38 heavy (non-hydrogen) atoms. The number of nitrogens with one attached hydrogen (secondary N) is 2. The van der Waals surface area contributed by atoms with Gasteiger partial charge in [0.25, 0.3) is 11.5 Å². The standard InChI is InChI=1S/C27H33N7O3S/c1-14-10-18(26(37)34-21(14)23(35)31-27(34,2)3)30-22-20-17-7-6-15(11-19(17)38-24(20)29-13-28-22)25(36)33-9-8-16(12-33)32(4)5/h10,13,15-16H,6-9,11-12H2,1-5H3,(H,31,35)(H,28,29,30)/t15-,16-/m0/s1. The lowest BCUT2D eigenvalue weighted by Gasteiger charge is -2.27. The molecular weight excluding hydrogens is 502 g/mol. The highest BCUT2D eigenvalue weighted by molar-refractivity contribution is 7.19. The third kappa shape index (κ3) is 3.90. The van der Waals surface area contributed by atoms with Crippen molar-refractivity contribution in [2.75, 3.05) is 32.5 Å². The number of aryl methyl sites for hydroxylation is 2. The van der Waals surface area contributed by atoms with E-state index in [0.717, 1.165) is 42.6 Å². The molecule has 10 nitrogen and oxygen atoms in total. The third-order valence-corrected chi connectivity index (χ3v) is 9.40. The van der Waals surface area contributed by atoms with Gasteiger partial charge in [0.15, 0.2) is 0 Å². The number of hydrogen-bond acceptors (Lipinski definition) is 8. The van der Waals surface area contributed by atoms with Gasteiger partial charge in [-0.1, -0.05) is 0 Å². The van der Waals surface area contributed by atoms with E-state index < -0.39 is 5.66 Å². The number of carbonyl (C=O) groups is 2. The molecule has 3 aromatic heterocycles. The summed E-state index contributed by atoms with van der Waals surface area (Å²) >= 11 is 1.61. The number of fused-ring (bicyclic) bond motifs is 4. The summed E-state index contributed by atoms with van der Waals surface area (Å²) in [6, 6.07) is 2.14. The zero-order valence-electron chi connectivity index (χ0n) is 22.4. The second-order valence-electron chi connectivity index (χ2n) is 11.4. The number of aromatic nitrogens is 3. The predicted octanol–water partition coefficient (Wildman–Crippen LogP) is 2.61. The van der Waals surface area contributed by atoms with Crippen LogP contribution in [0.4, 0.5) is 11.5 Å².